The van der Waals surface area contributed by atoms with Crippen LogP contribution in [0, 0.1) is 6.92 Å². The van der Waals surface area contributed by atoms with E-state index < -0.39 is 0 Å². The van der Waals surface area contributed by atoms with Crippen molar-refractivity contribution in [3.63, 3.8) is 0 Å². The zero-order chi connectivity index (χ0) is 17.5. The van der Waals surface area contributed by atoms with Crippen LogP contribution >= 0.6 is 11.3 Å². The lowest BCUT2D eigenvalue weighted by molar-refractivity contribution is 0.252. The molecule has 0 saturated heterocycles. The molecule has 0 spiro atoms. The number of amides is 2. The quantitative estimate of drug-likeness (QED) is 0.707. The molecule has 3 rings (SSSR count). The van der Waals surface area contributed by atoms with E-state index in [1.54, 1.807) is 54.1 Å². The molecule has 2 N–H and O–H groups in total. The number of carbonyl (C=O) groups is 1. The van der Waals surface area contributed by atoms with Crippen LogP contribution in [0.4, 0.5) is 10.5 Å². The molecule has 2 heterocycles. The molecule has 0 aliphatic rings. The Balaban J connectivity index is 1.50. The van der Waals surface area contributed by atoms with Crippen molar-refractivity contribution in [2.45, 2.75) is 13.3 Å². The normalized spacial score (nSPS) is 10.3. The maximum Gasteiger partial charge on any atom is 0.321 e. The van der Waals surface area contributed by atoms with Crippen LogP contribution in [0.1, 0.15) is 10.7 Å². The molecular formula is C17H17N5O2S. The second kappa shape index (κ2) is 8.20. The number of ether oxygens (including phenoxy) is 1. The van der Waals surface area contributed by atoms with Crippen molar-refractivity contribution < 1.29 is 9.53 Å². The van der Waals surface area contributed by atoms with Gasteiger partial charge in [-0.1, -0.05) is 6.07 Å². The first kappa shape index (κ1) is 16.8. The summed E-state index contributed by atoms with van der Waals surface area (Å²) in [6.45, 7) is 2.48. The topological polar surface area (TPSA) is 89.0 Å². The van der Waals surface area contributed by atoms with Gasteiger partial charge in [0.15, 0.2) is 0 Å². The SMILES string of the molecule is Cc1nc(CCNC(=O)Nc2cccc(Oc3ncccn3)c2)cs1. The number of nitrogens with one attached hydrogen (secondary N) is 2. The standard InChI is InChI=1S/C17H17N5O2S/c1-12-21-14(11-25-12)6-9-18-16(23)22-13-4-2-5-15(10-13)24-17-19-7-3-8-20-17/h2-5,7-8,10-11H,6,9H2,1H3,(H2,18,22,23). The lowest BCUT2D eigenvalue weighted by Crippen LogP contribution is -2.30. The zero-order valence-corrected chi connectivity index (χ0v) is 14.4. The second-order valence-electron chi connectivity index (χ2n) is 5.15. The minimum absolute atomic E-state index is 0.252. The fraction of sp³-hybridized carbons (Fsp3) is 0.176. The molecule has 0 aliphatic carbocycles. The van der Waals surface area contributed by atoms with Gasteiger partial charge in [0.25, 0.3) is 0 Å². The number of nitrogens with zero attached hydrogens (tertiary/aromatic N) is 3. The highest BCUT2D eigenvalue weighted by atomic mass is 32.1. The average Bonchev–Trinajstić information content (AvgIpc) is 3.01. The minimum Gasteiger partial charge on any atom is -0.424 e. The van der Waals surface area contributed by atoms with E-state index in [0.29, 0.717) is 24.4 Å². The largest absolute Gasteiger partial charge is 0.424 e. The van der Waals surface area contributed by atoms with Crippen LogP contribution in [0.25, 0.3) is 0 Å². The Morgan fingerprint density at radius 1 is 1.24 bits per heavy atom. The number of anilines is 1. The fourth-order valence-corrected chi connectivity index (χ4v) is 2.73. The molecule has 2 amide bonds. The van der Waals surface area contributed by atoms with Crippen LogP contribution in [0.3, 0.4) is 0 Å². The minimum atomic E-state index is -0.278. The van der Waals surface area contributed by atoms with Gasteiger partial charge in [-0.05, 0) is 25.1 Å². The van der Waals surface area contributed by atoms with Gasteiger partial charge in [-0.3, -0.25) is 0 Å². The molecule has 0 radical (unpaired) electrons. The van der Waals surface area contributed by atoms with Gasteiger partial charge >= 0.3 is 12.0 Å². The third kappa shape index (κ3) is 5.25. The molecule has 8 heteroatoms. The molecule has 0 unspecified atom stereocenters. The Bertz CT molecular complexity index is 838. The highest BCUT2D eigenvalue weighted by Gasteiger charge is 2.05. The summed E-state index contributed by atoms with van der Waals surface area (Å²) in [6, 6.07) is 8.72. The summed E-state index contributed by atoms with van der Waals surface area (Å²) >= 11 is 1.60. The van der Waals surface area contributed by atoms with E-state index in [1.807, 2.05) is 12.3 Å². The predicted molar refractivity (Wildman–Crippen MR) is 96.1 cm³/mol. The monoisotopic (exact) mass is 355 g/mol. The van der Waals surface area contributed by atoms with Crippen LogP contribution in [0.5, 0.6) is 11.8 Å². The molecule has 2 aromatic heterocycles. The van der Waals surface area contributed by atoms with Crippen LogP contribution in [0.15, 0.2) is 48.1 Å². The van der Waals surface area contributed by atoms with Gasteiger partial charge in [0, 0.05) is 42.5 Å². The predicted octanol–water partition coefficient (Wildman–Crippen LogP) is 3.40. The molecule has 7 nitrogen and oxygen atoms in total. The maximum atomic E-state index is 12.0. The molecule has 0 aliphatic heterocycles. The Labute approximate surface area is 149 Å². The van der Waals surface area contributed by atoms with Gasteiger partial charge < -0.3 is 15.4 Å². The third-order valence-corrected chi connectivity index (χ3v) is 4.00. The van der Waals surface area contributed by atoms with E-state index in [2.05, 4.69) is 25.6 Å². The van der Waals surface area contributed by atoms with Crippen molar-refractivity contribution in [1.82, 2.24) is 20.3 Å². The van der Waals surface area contributed by atoms with Gasteiger partial charge in [-0.25, -0.2) is 19.7 Å². The first-order valence-electron chi connectivity index (χ1n) is 7.70. The molecule has 3 aromatic rings. The smallest absolute Gasteiger partial charge is 0.321 e. The number of hydrogen-bond donors (Lipinski definition) is 2. The van der Waals surface area contributed by atoms with E-state index in [1.165, 1.54) is 0 Å². The molecule has 25 heavy (non-hydrogen) atoms. The molecule has 128 valence electrons. The van der Waals surface area contributed by atoms with Gasteiger partial charge in [0.2, 0.25) is 0 Å². The second-order valence-corrected chi connectivity index (χ2v) is 6.21. The van der Waals surface area contributed by atoms with Crippen molar-refractivity contribution in [3.05, 3.63) is 58.8 Å². The van der Waals surface area contributed by atoms with Crippen molar-refractivity contribution >= 4 is 23.1 Å². The van der Waals surface area contributed by atoms with E-state index in [-0.39, 0.29) is 12.0 Å². The molecule has 0 fully saturated rings. The number of aromatic nitrogens is 3. The first-order valence-corrected chi connectivity index (χ1v) is 8.58. The summed E-state index contributed by atoms with van der Waals surface area (Å²) in [5.41, 5.74) is 1.61. The molecular weight excluding hydrogens is 338 g/mol. The molecule has 0 saturated carbocycles. The highest BCUT2D eigenvalue weighted by molar-refractivity contribution is 7.09. The summed E-state index contributed by atoms with van der Waals surface area (Å²) in [4.78, 5) is 24.3. The van der Waals surface area contributed by atoms with Gasteiger partial charge in [0.1, 0.15) is 5.75 Å². The van der Waals surface area contributed by atoms with E-state index >= 15 is 0 Å². The number of thiazole rings is 1. The number of hydrogen-bond acceptors (Lipinski definition) is 6. The van der Waals surface area contributed by atoms with Crippen LogP contribution < -0.4 is 15.4 Å². The molecule has 0 atom stereocenters. The van der Waals surface area contributed by atoms with Gasteiger partial charge in [-0.15, -0.1) is 11.3 Å². The number of aryl methyl sites for hydroxylation is 1. The first-order chi connectivity index (χ1) is 12.2. The zero-order valence-electron chi connectivity index (χ0n) is 13.6. The number of carbonyl (C=O) groups excluding carboxylic acids is 1. The average molecular weight is 355 g/mol. The van der Waals surface area contributed by atoms with E-state index in [0.717, 1.165) is 10.7 Å². The van der Waals surface area contributed by atoms with Crippen molar-refractivity contribution in [1.29, 1.82) is 0 Å². The molecule has 0 bridgehead atoms. The lowest BCUT2D eigenvalue weighted by Gasteiger charge is -2.09. The van der Waals surface area contributed by atoms with E-state index in [9.17, 15) is 4.79 Å². The third-order valence-electron chi connectivity index (χ3n) is 3.18. The van der Waals surface area contributed by atoms with Crippen molar-refractivity contribution in [2.24, 2.45) is 0 Å². The summed E-state index contributed by atoms with van der Waals surface area (Å²) in [5, 5.41) is 8.61. The van der Waals surface area contributed by atoms with Gasteiger partial charge in [-0.2, -0.15) is 0 Å². The number of rotatable bonds is 6. The molecule has 1 aromatic carbocycles. The van der Waals surface area contributed by atoms with Crippen molar-refractivity contribution in [3.8, 4) is 11.8 Å². The summed E-state index contributed by atoms with van der Waals surface area (Å²) < 4.78 is 5.54. The lowest BCUT2D eigenvalue weighted by atomic mass is 10.3. The summed E-state index contributed by atoms with van der Waals surface area (Å²) in [7, 11) is 0. The van der Waals surface area contributed by atoms with E-state index in [4.69, 9.17) is 4.74 Å². The maximum absolute atomic E-state index is 12.0. The van der Waals surface area contributed by atoms with Crippen LogP contribution in [0.2, 0.25) is 0 Å². The number of urea groups is 1. The van der Waals surface area contributed by atoms with Gasteiger partial charge in [0.05, 0.1) is 10.7 Å². The van der Waals surface area contributed by atoms with Crippen LogP contribution in [-0.2, 0) is 6.42 Å². The Morgan fingerprint density at radius 2 is 2.08 bits per heavy atom. The highest BCUT2D eigenvalue weighted by Crippen LogP contribution is 2.21. The Hall–Kier alpha value is -3.00. The number of benzene rings is 1. The van der Waals surface area contributed by atoms with Crippen molar-refractivity contribution in [2.75, 3.05) is 11.9 Å². The Kier molecular flexibility index (Phi) is 5.53. The summed E-state index contributed by atoms with van der Waals surface area (Å²) in [6.07, 6.45) is 3.90. The Morgan fingerprint density at radius 3 is 2.84 bits per heavy atom. The summed E-state index contributed by atoms with van der Waals surface area (Å²) in [5.74, 6) is 0.543. The fourth-order valence-electron chi connectivity index (χ4n) is 2.08. The van der Waals surface area contributed by atoms with Crippen LogP contribution in [-0.4, -0.2) is 27.5 Å².